The van der Waals surface area contributed by atoms with E-state index >= 15 is 0 Å². The lowest BCUT2D eigenvalue weighted by atomic mass is 10.1. The van der Waals surface area contributed by atoms with Gasteiger partial charge in [-0.1, -0.05) is 55.1 Å². The average Bonchev–Trinajstić information content (AvgIpc) is 3.07. The number of para-hydroxylation sites is 2. The summed E-state index contributed by atoms with van der Waals surface area (Å²) in [6.07, 6.45) is 0.955. The fraction of sp³-hybridized carbons (Fsp3) is 0.238. The monoisotopic (exact) mass is 409 g/mol. The number of anilines is 2. The maximum Gasteiger partial charge on any atom is 0.234 e. The molecule has 0 aliphatic rings. The third-order valence-electron chi connectivity index (χ3n) is 4.31. The largest absolute Gasteiger partial charge is 0.326 e. The molecule has 0 radical (unpaired) electrons. The molecule has 0 saturated carbocycles. The van der Waals surface area contributed by atoms with Gasteiger partial charge in [0, 0.05) is 18.4 Å². The minimum absolute atomic E-state index is 0.106. The van der Waals surface area contributed by atoms with Gasteiger partial charge in [0.25, 0.3) is 0 Å². The predicted molar refractivity (Wildman–Crippen MR) is 115 cm³/mol. The van der Waals surface area contributed by atoms with E-state index in [0.717, 1.165) is 23.4 Å². The van der Waals surface area contributed by atoms with Crippen molar-refractivity contribution in [1.29, 1.82) is 0 Å². The lowest BCUT2D eigenvalue weighted by molar-refractivity contribution is -0.116. The molecule has 150 valence electrons. The molecule has 29 heavy (non-hydrogen) atoms. The predicted octanol–water partition coefficient (Wildman–Crippen LogP) is 3.29. The fourth-order valence-electron chi connectivity index (χ4n) is 2.76. The number of nitrogens with one attached hydrogen (secondary N) is 2. The van der Waals surface area contributed by atoms with Crippen LogP contribution in [0.15, 0.2) is 59.8 Å². The highest BCUT2D eigenvalue weighted by Crippen LogP contribution is 2.19. The van der Waals surface area contributed by atoms with Gasteiger partial charge in [0.15, 0.2) is 5.16 Å². The maximum absolute atomic E-state index is 12.3. The van der Waals surface area contributed by atoms with Crippen molar-refractivity contribution >= 4 is 35.0 Å². The zero-order valence-electron chi connectivity index (χ0n) is 16.4. The van der Waals surface area contributed by atoms with Gasteiger partial charge in [-0.25, -0.2) is 0 Å². The number of hydrogen-bond donors (Lipinski definition) is 2. The number of hydrogen-bond acceptors (Lipinski definition) is 5. The first-order valence-corrected chi connectivity index (χ1v) is 10.3. The Kier molecular flexibility index (Phi) is 7.02. The van der Waals surface area contributed by atoms with Crippen LogP contribution in [0.5, 0.6) is 0 Å². The van der Waals surface area contributed by atoms with Gasteiger partial charge in [-0.2, -0.15) is 0 Å². The molecule has 0 spiro atoms. The van der Waals surface area contributed by atoms with E-state index in [4.69, 9.17) is 0 Å². The zero-order valence-corrected chi connectivity index (χ0v) is 17.2. The Morgan fingerprint density at radius 1 is 0.966 bits per heavy atom. The first-order chi connectivity index (χ1) is 14.1. The summed E-state index contributed by atoms with van der Waals surface area (Å²) in [5.41, 5.74) is 2.66. The number of nitrogens with zero attached hydrogens (tertiary/aromatic N) is 3. The van der Waals surface area contributed by atoms with Crippen molar-refractivity contribution < 1.29 is 9.59 Å². The Labute approximate surface area is 173 Å². The van der Waals surface area contributed by atoms with E-state index in [2.05, 4.69) is 27.8 Å². The highest BCUT2D eigenvalue weighted by Gasteiger charge is 2.15. The molecule has 7 nitrogen and oxygen atoms in total. The summed E-state index contributed by atoms with van der Waals surface area (Å²) in [7, 11) is 1.79. The standard InChI is InChI=1S/C21H23N5O2S/c1-3-15-9-7-8-12-17(15)23-20(28)14-29-21-25-24-18(26(21)2)13-19(27)22-16-10-5-4-6-11-16/h4-12H,3,13-14H2,1-2H3,(H,22,27)(H,23,28). The Morgan fingerprint density at radius 2 is 1.69 bits per heavy atom. The van der Waals surface area contributed by atoms with Crippen LogP contribution in [0.2, 0.25) is 0 Å². The summed E-state index contributed by atoms with van der Waals surface area (Å²) in [4.78, 5) is 24.5. The summed E-state index contributed by atoms with van der Waals surface area (Å²) >= 11 is 1.29. The second-order valence-corrected chi connectivity index (χ2v) is 7.34. The van der Waals surface area contributed by atoms with Gasteiger partial charge in [0.05, 0.1) is 12.2 Å². The lowest BCUT2D eigenvalue weighted by Gasteiger charge is -2.09. The number of amides is 2. The van der Waals surface area contributed by atoms with Crippen molar-refractivity contribution in [3.05, 3.63) is 66.0 Å². The molecule has 0 aliphatic heterocycles. The molecule has 0 bridgehead atoms. The van der Waals surface area contributed by atoms with Gasteiger partial charge in [0.2, 0.25) is 11.8 Å². The summed E-state index contributed by atoms with van der Waals surface area (Å²) in [5, 5.41) is 14.5. The van der Waals surface area contributed by atoms with Crippen LogP contribution < -0.4 is 10.6 Å². The summed E-state index contributed by atoms with van der Waals surface area (Å²) in [5.74, 6) is 0.470. The Hall–Kier alpha value is -3.13. The first-order valence-electron chi connectivity index (χ1n) is 9.30. The average molecular weight is 410 g/mol. The van der Waals surface area contributed by atoms with Crippen LogP contribution in [0.3, 0.4) is 0 Å². The molecule has 2 amide bonds. The van der Waals surface area contributed by atoms with E-state index in [-0.39, 0.29) is 24.0 Å². The number of thioether (sulfide) groups is 1. The number of aryl methyl sites for hydroxylation is 1. The van der Waals surface area contributed by atoms with Gasteiger partial charge in [0.1, 0.15) is 5.82 Å². The third kappa shape index (κ3) is 5.68. The Bertz CT molecular complexity index is 988. The second kappa shape index (κ2) is 9.88. The molecule has 1 heterocycles. The van der Waals surface area contributed by atoms with Crippen LogP contribution in [0.4, 0.5) is 11.4 Å². The molecule has 0 aliphatic carbocycles. The van der Waals surface area contributed by atoms with Crippen molar-refractivity contribution in [2.75, 3.05) is 16.4 Å². The van der Waals surface area contributed by atoms with Gasteiger partial charge >= 0.3 is 0 Å². The van der Waals surface area contributed by atoms with Crippen LogP contribution in [0, 0.1) is 0 Å². The molecule has 0 saturated heterocycles. The minimum atomic E-state index is -0.169. The first kappa shape index (κ1) is 20.6. The quantitative estimate of drug-likeness (QED) is 0.557. The molecule has 0 atom stereocenters. The van der Waals surface area contributed by atoms with E-state index in [9.17, 15) is 9.59 Å². The summed E-state index contributed by atoms with van der Waals surface area (Å²) in [6.45, 7) is 2.05. The molecular formula is C21H23N5O2S. The van der Waals surface area contributed by atoms with E-state index in [1.54, 1.807) is 11.6 Å². The third-order valence-corrected chi connectivity index (χ3v) is 5.33. The van der Waals surface area contributed by atoms with Crippen LogP contribution in [0.25, 0.3) is 0 Å². The van der Waals surface area contributed by atoms with E-state index in [0.29, 0.717) is 11.0 Å². The van der Waals surface area contributed by atoms with E-state index < -0.39 is 0 Å². The zero-order chi connectivity index (χ0) is 20.6. The number of carbonyl (C=O) groups is 2. The van der Waals surface area contributed by atoms with Gasteiger partial charge in [-0.15, -0.1) is 10.2 Å². The second-order valence-electron chi connectivity index (χ2n) is 6.40. The number of carbonyl (C=O) groups excluding carboxylic acids is 2. The normalized spacial score (nSPS) is 10.6. The van der Waals surface area contributed by atoms with Gasteiger partial charge in [-0.3, -0.25) is 9.59 Å². The van der Waals surface area contributed by atoms with Crippen LogP contribution in [-0.4, -0.2) is 32.3 Å². The Balaban J connectivity index is 1.54. The van der Waals surface area contributed by atoms with Crippen molar-refractivity contribution in [3.8, 4) is 0 Å². The molecule has 2 aromatic carbocycles. The van der Waals surface area contributed by atoms with Crippen LogP contribution >= 0.6 is 11.8 Å². The number of aromatic nitrogens is 3. The SMILES string of the molecule is CCc1ccccc1NC(=O)CSc1nnc(CC(=O)Nc2ccccc2)n1C. The maximum atomic E-state index is 12.3. The van der Waals surface area contributed by atoms with Crippen molar-refractivity contribution in [2.24, 2.45) is 7.05 Å². The number of rotatable bonds is 8. The van der Waals surface area contributed by atoms with Crippen LogP contribution in [0.1, 0.15) is 18.3 Å². The number of benzene rings is 2. The molecule has 3 rings (SSSR count). The van der Waals surface area contributed by atoms with Crippen molar-refractivity contribution in [3.63, 3.8) is 0 Å². The van der Waals surface area contributed by atoms with E-state index in [1.807, 2.05) is 54.6 Å². The van der Waals surface area contributed by atoms with Crippen LogP contribution in [-0.2, 0) is 29.5 Å². The van der Waals surface area contributed by atoms with Crippen molar-refractivity contribution in [2.45, 2.75) is 24.9 Å². The molecule has 2 N–H and O–H groups in total. The smallest absolute Gasteiger partial charge is 0.234 e. The highest BCUT2D eigenvalue weighted by molar-refractivity contribution is 7.99. The van der Waals surface area contributed by atoms with E-state index in [1.165, 1.54) is 11.8 Å². The molecule has 0 fully saturated rings. The lowest BCUT2D eigenvalue weighted by Crippen LogP contribution is -2.17. The van der Waals surface area contributed by atoms with Gasteiger partial charge in [-0.05, 0) is 30.2 Å². The van der Waals surface area contributed by atoms with Gasteiger partial charge < -0.3 is 15.2 Å². The highest BCUT2D eigenvalue weighted by atomic mass is 32.2. The fourth-order valence-corrected chi connectivity index (χ4v) is 3.49. The Morgan fingerprint density at radius 3 is 2.45 bits per heavy atom. The minimum Gasteiger partial charge on any atom is -0.326 e. The topological polar surface area (TPSA) is 88.9 Å². The summed E-state index contributed by atoms with van der Waals surface area (Å²) in [6, 6.07) is 17.0. The van der Waals surface area contributed by atoms with Crippen molar-refractivity contribution in [1.82, 2.24) is 14.8 Å². The summed E-state index contributed by atoms with van der Waals surface area (Å²) < 4.78 is 1.74. The molecule has 1 aromatic heterocycles. The molecule has 0 unspecified atom stereocenters. The molecular weight excluding hydrogens is 386 g/mol. The molecule has 3 aromatic rings. The molecule has 8 heteroatoms.